The van der Waals surface area contributed by atoms with Gasteiger partial charge in [0.05, 0.1) is 0 Å². The van der Waals surface area contributed by atoms with Crippen molar-refractivity contribution >= 4 is 18.0 Å². The van der Waals surface area contributed by atoms with Crippen molar-refractivity contribution in [2.45, 2.75) is 51.5 Å². The van der Waals surface area contributed by atoms with Gasteiger partial charge in [0.15, 0.2) is 0 Å². The van der Waals surface area contributed by atoms with Crippen molar-refractivity contribution in [2.75, 3.05) is 30.9 Å². The smallest absolute Gasteiger partial charge is 0.137 e. The van der Waals surface area contributed by atoms with Crippen LogP contribution in [0, 0.1) is 0 Å². The maximum absolute atomic E-state index is 4.59. The number of piperazine rings is 1. The quantitative estimate of drug-likeness (QED) is 0.838. The molecule has 22 heavy (non-hydrogen) atoms. The molecule has 5 heteroatoms. The van der Waals surface area contributed by atoms with Crippen molar-refractivity contribution in [1.82, 2.24) is 14.2 Å². The Morgan fingerprint density at radius 3 is 2.64 bits per heavy atom. The minimum absolute atomic E-state index is 0.858. The summed E-state index contributed by atoms with van der Waals surface area (Å²) in [5, 5.41) is 0. The zero-order valence-electron chi connectivity index (χ0n) is 13.6. The van der Waals surface area contributed by atoms with Gasteiger partial charge in [0.2, 0.25) is 0 Å². The number of anilines is 1. The van der Waals surface area contributed by atoms with Gasteiger partial charge >= 0.3 is 0 Å². The number of rotatable bonds is 5. The van der Waals surface area contributed by atoms with E-state index in [4.69, 9.17) is 0 Å². The Balaban J connectivity index is 1.41. The van der Waals surface area contributed by atoms with Crippen LogP contribution in [0.1, 0.15) is 44.7 Å². The molecule has 1 aliphatic heterocycles. The Labute approximate surface area is 138 Å². The van der Waals surface area contributed by atoms with E-state index in [1.54, 1.807) is 12.1 Å². The average molecular weight is 321 g/mol. The largest absolute Gasteiger partial charge is 0.301 e. The van der Waals surface area contributed by atoms with Crippen LogP contribution in [0.15, 0.2) is 18.2 Å². The summed E-state index contributed by atoms with van der Waals surface area (Å²) in [6.07, 6.45) is 8.12. The summed E-state index contributed by atoms with van der Waals surface area (Å²) in [5.41, 5.74) is 1.15. The second kappa shape index (κ2) is 8.18. The van der Waals surface area contributed by atoms with E-state index in [0.29, 0.717) is 0 Å². The zero-order chi connectivity index (χ0) is 15.2. The van der Waals surface area contributed by atoms with Crippen LogP contribution in [0.25, 0.3) is 0 Å². The van der Waals surface area contributed by atoms with E-state index >= 15 is 0 Å². The predicted octanol–water partition coefficient (Wildman–Crippen LogP) is 3.57. The Kier molecular flexibility index (Phi) is 5.98. The number of nitrogens with one attached hydrogen (secondary N) is 1. The fourth-order valence-electron chi connectivity index (χ4n) is 3.45. The molecule has 1 saturated carbocycles. The highest BCUT2D eigenvalue weighted by molar-refractivity contribution is 7.98. The van der Waals surface area contributed by atoms with E-state index in [1.807, 2.05) is 6.07 Å². The van der Waals surface area contributed by atoms with Crippen molar-refractivity contribution in [1.29, 1.82) is 0 Å². The molecule has 0 amide bonds. The molecule has 0 spiro atoms. The molecule has 0 atom stereocenters. The second-order valence-corrected chi connectivity index (χ2v) is 7.22. The lowest BCUT2D eigenvalue weighted by Crippen LogP contribution is -2.49. The third-order valence-electron chi connectivity index (χ3n) is 4.81. The molecule has 1 aromatic heterocycles. The first-order chi connectivity index (χ1) is 10.8. The van der Waals surface area contributed by atoms with Gasteiger partial charge < -0.3 is 4.72 Å². The third-order valence-corrected chi connectivity index (χ3v) is 5.74. The maximum Gasteiger partial charge on any atom is 0.137 e. The lowest BCUT2D eigenvalue weighted by Gasteiger charge is -2.40. The van der Waals surface area contributed by atoms with E-state index in [-0.39, 0.29) is 0 Å². The summed E-state index contributed by atoms with van der Waals surface area (Å²) in [7, 11) is 0. The summed E-state index contributed by atoms with van der Waals surface area (Å²) in [5.74, 6) is 0.971. The molecule has 122 valence electrons. The van der Waals surface area contributed by atoms with Crippen LogP contribution < -0.4 is 4.72 Å². The molecule has 0 radical (unpaired) electrons. The van der Waals surface area contributed by atoms with Crippen LogP contribution in [0.2, 0.25) is 0 Å². The molecule has 0 aromatic carbocycles. The molecule has 3 rings (SSSR count). The summed E-state index contributed by atoms with van der Waals surface area (Å²) in [4.78, 5) is 7.31. The molecule has 1 N–H and O–H groups in total. The SMILES string of the molecule is CCc1cccc(NSN2CCN(C3CCCCC3)CC2)n1. The van der Waals surface area contributed by atoms with E-state index in [0.717, 1.165) is 37.1 Å². The molecule has 2 heterocycles. The molecule has 0 unspecified atom stereocenters. The van der Waals surface area contributed by atoms with E-state index < -0.39 is 0 Å². The number of aromatic nitrogens is 1. The fourth-order valence-corrected chi connectivity index (χ4v) is 4.13. The van der Waals surface area contributed by atoms with E-state index in [1.165, 1.54) is 45.2 Å². The maximum atomic E-state index is 4.59. The van der Waals surface area contributed by atoms with E-state index in [9.17, 15) is 0 Å². The van der Waals surface area contributed by atoms with Crippen LogP contribution >= 0.6 is 12.1 Å². The first-order valence-electron chi connectivity index (χ1n) is 8.73. The zero-order valence-corrected chi connectivity index (χ0v) is 14.4. The van der Waals surface area contributed by atoms with Crippen molar-refractivity contribution in [2.24, 2.45) is 0 Å². The highest BCUT2D eigenvalue weighted by Gasteiger charge is 2.25. The summed E-state index contributed by atoms with van der Waals surface area (Å²) >= 11 is 1.71. The second-order valence-electron chi connectivity index (χ2n) is 6.32. The standard InChI is InChI=1S/C17H28N4S/c1-2-15-7-6-10-17(18-15)19-22-21-13-11-20(12-14-21)16-8-4-3-5-9-16/h6-7,10,16H,2-5,8-9,11-14H2,1H3,(H,18,19). The van der Waals surface area contributed by atoms with Gasteiger partial charge in [-0.15, -0.1) is 0 Å². The molecule has 4 nitrogen and oxygen atoms in total. The van der Waals surface area contributed by atoms with Crippen molar-refractivity contribution in [3.05, 3.63) is 23.9 Å². The minimum Gasteiger partial charge on any atom is -0.301 e. The molecule has 1 aliphatic carbocycles. The number of pyridine rings is 1. The Hall–Kier alpha value is -0.780. The minimum atomic E-state index is 0.858. The Bertz CT molecular complexity index is 454. The monoisotopic (exact) mass is 320 g/mol. The summed E-state index contributed by atoms with van der Waals surface area (Å²) < 4.78 is 5.83. The Morgan fingerprint density at radius 1 is 1.14 bits per heavy atom. The average Bonchev–Trinajstić information content (AvgIpc) is 2.61. The lowest BCUT2D eigenvalue weighted by atomic mass is 9.94. The molecule has 0 bridgehead atoms. The van der Waals surface area contributed by atoms with Gasteiger partial charge in [0, 0.05) is 50.0 Å². The van der Waals surface area contributed by atoms with Gasteiger partial charge in [0.25, 0.3) is 0 Å². The van der Waals surface area contributed by atoms with Crippen molar-refractivity contribution in [3.63, 3.8) is 0 Å². The van der Waals surface area contributed by atoms with Gasteiger partial charge in [-0.3, -0.25) is 4.90 Å². The lowest BCUT2D eigenvalue weighted by molar-refractivity contribution is 0.115. The Morgan fingerprint density at radius 2 is 1.91 bits per heavy atom. The topological polar surface area (TPSA) is 31.4 Å². The summed E-state index contributed by atoms with van der Waals surface area (Å²) in [6.45, 7) is 6.84. The number of aryl methyl sites for hydroxylation is 1. The van der Waals surface area contributed by atoms with E-state index in [2.05, 4.69) is 38.0 Å². The van der Waals surface area contributed by atoms with Crippen molar-refractivity contribution in [3.8, 4) is 0 Å². The highest BCUT2D eigenvalue weighted by atomic mass is 32.2. The summed E-state index contributed by atoms with van der Waals surface area (Å²) in [6, 6.07) is 7.07. The molecule has 2 aliphatic rings. The molecule has 1 aromatic rings. The highest BCUT2D eigenvalue weighted by Crippen LogP contribution is 2.25. The van der Waals surface area contributed by atoms with Gasteiger partial charge in [-0.25, -0.2) is 9.29 Å². The molecule has 2 fully saturated rings. The van der Waals surface area contributed by atoms with Crippen LogP contribution in [-0.2, 0) is 6.42 Å². The van der Waals surface area contributed by atoms with Gasteiger partial charge in [-0.2, -0.15) is 0 Å². The first-order valence-corrected chi connectivity index (χ1v) is 9.50. The molecular formula is C17H28N4S. The van der Waals surface area contributed by atoms with Crippen LogP contribution in [0.5, 0.6) is 0 Å². The third kappa shape index (κ3) is 4.37. The van der Waals surface area contributed by atoms with Gasteiger partial charge in [-0.1, -0.05) is 32.3 Å². The number of nitrogens with zero attached hydrogens (tertiary/aromatic N) is 3. The molecule has 1 saturated heterocycles. The van der Waals surface area contributed by atoms with Crippen LogP contribution in [-0.4, -0.2) is 46.4 Å². The van der Waals surface area contributed by atoms with Crippen LogP contribution in [0.4, 0.5) is 5.82 Å². The van der Waals surface area contributed by atoms with Crippen LogP contribution in [0.3, 0.4) is 0 Å². The fraction of sp³-hybridized carbons (Fsp3) is 0.706. The number of hydrogen-bond donors (Lipinski definition) is 1. The number of hydrogen-bond acceptors (Lipinski definition) is 5. The van der Waals surface area contributed by atoms with Crippen molar-refractivity contribution < 1.29 is 0 Å². The van der Waals surface area contributed by atoms with Gasteiger partial charge in [0.1, 0.15) is 5.82 Å². The first kappa shape index (κ1) is 16.1. The predicted molar refractivity (Wildman–Crippen MR) is 94.8 cm³/mol. The normalized spacial score (nSPS) is 21.9. The molecular weight excluding hydrogens is 292 g/mol. The van der Waals surface area contributed by atoms with Gasteiger partial charge in [-0.05, 0) is 31.4 Å².